The Labute approximate surface area is 120 Å². The third kappa shape index (κ3) is 3.02. The second-order valence-corrected chi connectivity index (χ2v) is 5.55. The zero-order valence-electron chi connectivity index (χ0n) is 11.7. The van der Waals surface area contributed by atoms with Gasteiger partial charge in [-0.15, -0.1) is 0 Å². The van der Waals surface area contributed by atoms with Gasteiger partial charge in [0.15, 0.2) is 0 Å². The Hall–Kier alpha value is -1.80. The van der Waals surface area contributed by atoms with Crippen LogP contribution in [0.1, 0.15) is 16.7 Å². The van der Waals surface area contributed by atoms with Crippen LogP contribution in [0.4, 0.5) is 0 Å². The summed E-state index contributed by atoms with van der Waals surface area (Å²) in [4.78, 5) is 0. The molecule has 2 nitrogen and oxygen atoms in total. The molecule has 1 heterocycles. The van der Waals surface area contributed by atoms with Crippen molar-refractivity contribution in [2.75, 3.05) is 13.2 Å². The fourth-order valence-corrected chi connectivity index (χ4v) is 2.86. The maximum Gasteiger partial charge on any atom is 0.122 e. The molecule has 0 fully saturated rings. The average Bonchev–Trinajstić information content (AvgIpc) is 2.49. The number of hydrogen-bond acceptors (Lipinski definition) is 2. The number of para-hydroxylation sites is 1. The van der Waals surface area contributed by atoms with E-state index in [2.05, 4.69) is 42.5 Å². The Morgan fingerprint density at radius 3 is 2.55 bits per heavy atom. The summed E-state index contributed by atoms with van der Waals surface area (Å²) in [5.41, 5.74) is 9.62. The molecule has 2 heteroatoms. The number of ether oxygens (including phenoxy) is 1. The van der Waals surface area contributed by atoms with Crippen LogP contribution in [0.2, 0.25) is 0 Å². The van der Waals surface area contributed by atoms with Crippen molar-refractivity contribution in [3.8, 4) is 5.75 Å². The van der Waals surface area contributed by atoms with E-state index in [0.717, 1.165) is 31.6 Å². The van der Waals surface area contributed by atoms with Gasteiger partial charge in [-0.25, -0.2) is 0 Å². The lowest BCUT2D eigenvalue weighted by Gasteiger charge is -2.25. The molecule has 0 aromatic heterocycles. The molecule has 1 aliphatic heterocycles. The van der Waals surface area contributed by atoms with E-state index in [1.807, 2.05) is 6.07 Å². The summed E-state index contributed by atoms with van der Waals surface area (Å²) in [5.74, 6) is 1.63. The van der Waals surface area contributed by atoms with Gasteiger partial charge in [-0.1, -0.05) is 42.5 Å². The van der Waals surface area contributed by atoms with Crippen molar-refractivity contribution < 1.29 is 4.74 Å². The normalized spacial score (nSPS) is 17.4. The first-order valence-electron chi connectivity index (χ1n) is 7.34. The van der Waals surface area contributed by atoms with E-state index >= 15 is 0 Å². The Bertz CT molecular complexity index is 562. The van der Waals surface area contributed by atoms with Gasteiger partial charge < -0.3 is 10.5 Å². The molecule has 0 saturated carbocycles. The summed E-state index contributed by atoms with van der Waals surface area (Å²) in [6, 6.07) is 17.2. The molecular weight excluding hydrogens is 246 g/mol. The summed E-state index contributed by atoms with van der Waals surface area (Å²) in [6.07, 6.45) is 3.15. The van der Waals surface area contributed by atoms with Gasteiger partial charge in [-0.05, 0) is 48.6 Å². The van der Waals surface area contributed by atoms with Crippen LogP contribution in [-0.2, 0) is 19.3 Å². The van der Waals surface area contributed by atoms with Gasteiger partial charge in [-0.3, -0.25) is 0 Å². The molecule has 0 amide bonds. The lowest BCUT2D eigenvalue weighted by molar-refractivity contribution is 0.221. The van der Waals surface area contributed by atoms with Gasteiger partial charge in [0, 0.05) is 5.92 Å². The monoisotopic (exact) mass is 267 g/mol. The van der Waals surface area contributed by atoms with E-state index < -0.39 is 0 Å². The molecule has 1 unspecified atom stereocenters. The molecule has 0 radical (unpaired) electrons. The van der Waals surface area contributed by atoms with Crippen LogP contribution in [0, 0.1) is 5.92 Å². The number of rotatable bonds is 4. The van der Waals surface area contributed by atoms with Crippen molar-refractivity contribution in [2.24, 2.45) is 11.7 Å². The number of fused-ring (bicyclic) bond motifs is 1. The van der Waals surface area contributed by atoms with Crippen molar-refractivity contribution in [3.05, 3.63) is 65.2 Å². The first kappa shape index (κ1) is 13.2. The minimum atomic E-state index is 0.574. The van der Waals surface area contributed by atoms with Gasteiger partial charge in [0.25, 0.3) is 0 Å². The lowest BCUT2D eigenvalue weighted by atomic mass is 9.90. The Morgan fingerprint density at radius 1 is 1.00 bits per heavy atom. The highest BCUT2D eigenvalue weighted by Crippen LogP contribution is 2.28. The molecule has 0 bridgehead atoms. The third-order valence-corrected chi connectivity index (χ3v) is 3.94. The van der Waals surface area contributed by atoms with Gasteiger partial charge in [0.2, 0.25) is 0 Å². The zero-order chi connectivity index (χ0) is 13.8. The molecule has 2 N–H and O–H groups in total. The van der Waals surface area contributed by atoms with Gasteiger partial charge in [-0.2, -0.15) is 0 Å². The van der Waals surface area contributed by atoms with Gasteiger partial charge in [0.05, 0.1) is 6.61 Å². The van der Waals surface area contributed by atoms with E-state index in [1.165, 1.54) is 16.7 Å². The molecule has 3 rings (SSSR count). The van der Waals surface area contributed by atoms with Gasteiger partial charge in [0.1, 0.15) is 5.75 Å². The van der Waals surface area contributed by atoms with Crippen LogP contribution >= 0.6 is 0 Å². The van der Waals surface area contributed by atoms with Crippen LogP contribution in [0.15, 0.2) is 48.5 Å². The average molecular weight is 267 g/mol. The Morgan fingerprint density at radius 2 is 1.75 bits per heavy atom. The van der Waals surface area contributed by atoms with E-state index in [9.17, 15) is 0 Å². The topological polar surface area (TPSA) is 35.2 Å². The number of benzene rings is 2. The third-order valence-electron chi connectivity index (χ3n) is 3.94. The standard InChI is InChI=1S/C18H21NO/c19-10-9-14-5-7-15(8-6-14)11-16-12-17-3-1-2-4-18(17)20-13-16/h1-8,16H,9-13,19H2. The van der Waals surface area contributed by atoms with Crippen molar-refractivity contribution in [1.29, 1.82) is 0 Å². The fraction of sp³-hybridized carbons (Fsp3) is 0.333. The molecule has 0 aliphatic carbocycles. The first-order valence-corrected chi connectivity index (χ1v) is 7.34. The number of hydrogen-bond donors (Lipinski definition) is 1. The van der Waals surface area contributed by atoms with Crippen LogP contribution in [0.25, 0.3) is 0 Å². The highest BCUT2D eigenvalue weighted by Gasteiger charge is 2.19. The minimum absolute atomic E-state index is 0.574. The fourth-order valence-electron chi connectivity index (χ4n) is 2.86. The quantitative estimate of drug-likeness (QED) is 0.924. The zero-order valence-corrected chi connectivity index (χ0v) is 11.7. The van der Waals surface area contributed by atoms with Crippen molar-refractivity contribution in [2.45, 2.75) is 19.3 Å². The minimum Gasteiger partial charge on any atom is -0.493 e. The predicted octanol–water partition coefficient (Wildman–Crippen LogP) is 2.98. The molecule has 0 spiro atoms. The van der Waals surface area contributed by atoms with Crippen LogP contribution in [0.3, 0.4) is 0 Å². The molecule has 104 valence electrons. The lowest BCUT2D eigenvalue weighted by Crippen LogP contribution is -2.22. The maximum atomic E-state index is 5.85. The second-order valence-electron chi connectivity index (χ2n) is 5.55. The van der Waals surface area contributed by atoms with E-state index in [0.29, 0.717) is 12.5 Å². The first-order chi connectivity index (χ1) is 9.85. The van der Waals surface area contributed by atoms with Crippen LogP contribution in [-0.4, -0.2) is 13.2 Å². The second kappa shape index (κ2) is 6.10. The summed E-state index contributed by atoms with van der Waals surface area (Å²) >= 11 is 0. The molecule has 1 atom stereocenters. The summed E-state index contributed by atoms with van der Waals surface area (Å²) < 4.78 is 5.85. The maximum absolute atomic E-state index is 5.85. The predicted molar refractivity (Wildman–Crippen MR) is 82.0 cm³/mol. The Balaban J connectivity index is 1.64. The largest absolute Gasteiger partial charge is 0.493 e. The van der Waals surface area contributed by atoms with Crippen molar-refractivity contribution in [1.82, 2.24) is 0 Å². The summed E-state index contributed by atoms with van der Waals surface area (Å²) in [6.45, 7) is 1.54. The molecule has 1 aliphatic rings. The van der Waals surface area contributed by atoms with Gasteiger partial charge >= 0.3 is 0 Å². The smallest absolute Gasteiger partial charge is 0.122 e. The highest BCUT2D eigenvalue weighted by molar-refractivity contribution is 5.35. The molecule has 2 aromatic carbocycles. The molecule has 20 heavy (non-hydrogen) atoms. The number of nitrogens with two attached hydrogens (primary N) is 1. The molecular formula is C18H21NO. The SMILES string of the molecule is NCCc1ccc(CC2COc3ccccc3C2)cc1. The van der Waals surface area contributed by atoms with Crippen LogP contribution < -0.4 is 10.5 Å². The van der Waals surface area contributed by atoms with E-state index in [4.69, 9.17) is 10.5 Å². The molecule has 0 saturated heterocycles. The molecule has 2 aromatic rings. The summed E-state index contributed by atoms with van der Waals surface area (Å²) in [5, 5.41) is 0. The van der Waals surface area contributed by atoms with Crippen LogP contribution in [0.5, 0.6) is 5.75 Å². The van der Waals surface area contributed by atoms with Crippen molar-refractivity contribution >= 4 is 0 Å². The Kier molecular flexibility index (Phi) is 4.03. The van der Waals surface area contributed by atoms with Crippen molar-refractivity contribution in [3.63, 3.8) is 0 Å². The summed E-state index contributed by atoms with van der Waals surface area (Å²) in [7, 11) is 0. The highest BCUT2D eigenvalue weighted by atomic mass is 16.5. The van der Waals surface area contributed by atoms with E-state index in [1.54, 1.807) is 0 Å². The van der Waals surface area contributed by atoms with E-state index in [-0.39, 0.29) is 0 Å².